The van der Waals surface area contributed by atoms with Crippen LogP contribution in [0, 0.1) is 0 Å². The summed E-state index contributed by atoms with van der Waals surface area (Å²) in [6.07, 6.45) is 1.39. The number of aliphatic carboxylic acids is 1. The highest BCUT2D eigenvalue weighted by atomic mass is 16.5. The van der Waals surface area contributed by atoms with Crippen molar-refractivity contribution in [2.45, 2.75) is 20.8 Å². The number of anilines is 1. The van der Waals surface area contributed by atoms with Crippen molar-refractivity contribution in [1.82, 2.24) is 0 Å². The number of rotatable bonds is 4. The van der Waals surface area contributed by atoms with Crippen molar-refractivity contribution >= 4 is 29.6 Å². The van der Waals surface area contributed by atoms with Gasteiger partial charge in [-0.1, -0.05) is 0 Å². The number of amides is 1. The normalized spacial score (nSPS) is 10.8. The van der Waals surface area contributed by atoms with Crippen molar-refractivity contribution in [3.63, 3.8) is 0 Å². The van der Waals surface area contributed by atoms with E-state index in [-0.39, 0.29) is 17.2 Å². The van der Waals surface area contributed by atoms with Crippen LogP contribution in [0.5, 0.6) is 5.75 Å². The molecular formula is C14H15NO5. The van der Waals surface area contributed by atoms with Crippen molar-refractivity contribution in [3.05, 3.63) is 29.3 Å². The highest BCUT2D eigenvalue weighted by Crippen LogP contribution is 2.26. The van der Waals surface area contributed by atoms with Gasteiger partial charge in [-0.2, -0.15) is 0 Å². The van der Waals surface area contributed by atoms with E-state index in [4.69, 9.17) is 9.84 Å². The molecule has 0 atom stereocenters. The monoisotopic (exact) mass is 277 g/mol. The molecule has 1 aromatic carbocycles. The molecule has 0 aliphatic heterocycles. The topological polar surface area (TPSA) is 92.7 Å². The van der Waals surface area contributed by atoms with E-state index in [9.17, 15) is 14.4 Å². The smallest absolute Gasteiger partial charge is 0.331 e. The number of carboxylic acids is 1. The fraction of sp³-hybridized carbons (Fsp3) is 0.214. The van der Waals surface area contributed by atoms with Crippen LogP contribution in [-0.2, 0) is 14.4 Å². The lowest BCUT2D eigenvalue weighted by Gasteiger charge is -2.09. The minimum atomic E-state index is -1.07. The largest absolute Gasteiger partial charge is 0.478 e. The number of hydrogen-bond acceptors (Lipinski definition) is 4. The summed E-state index contributed by atoms with van der Waals surface area (Å²) in [7, 11) is 0. The Balaban J connectivity index is 3.22. The minimum Gasteiger partial charge on any atom is -0.478 e. The predicted molar refractivity (Wildman–Crippen MR) is 73.3 cm³/mol. The Labute approximate surface area is 116 Å². The second-order valence-electron chi connectivity index (χ2n) is 4.16. The van der Waals surface area contributed by atoms with Crippen molar-refractivity contribution in [1.29, 1.82) is 0 Å². The van der Waals surface area contributed by atoms with Gasteiger partial charge in [-0.25, -0.2) is 4.79 Å². The molecule has 0 fully saturated rings. The van der Waals surface area contributed by atoms with Crippen LogP contribution in [-0.4, -0.2) is 23.0 Å². The molecule has 20 heavy (non-hydrogen) atoms. The molecule has 0 saturated carbocycles. The summed E-state index contributed by atoms with van der Waals surface area (Å²) in [5, 5.41) is 11.4. The first-order chi connectivity index (χ1) is 9.29. The van der Waals surface area contributed by atoms with Gasteiger partial charge in [-0.05, 0) is 25.1 Å². The van der Waals surface area contributed by atoms with Crippen molar-refractivity contribution in [2.75, 3.05) is 5.32 Å². The highest BCUT2D eigenvalue weighted by molar-refractivity contribution is 5.93. The fourth-order valence-electron chi connectivity index (χ4n) is 1.47. The molecule has 1 aromatic rings. The van der Waals surface area contributed by atoms with E-state index in [1.165, 1.54) is 32.9 Å². The summed E-state index contributed by atoms with van der Waals surface area (Å²) in [6.45, 7) is 4.03. The zero-order chi connectivity index (χ0) is 15.3. The fourth-order valence-corrected chi connectivity index (χ4v) is 1.47. The number of hydrogen-bond donors (Lipinski definition) is 2. The maximum Gasteiger partial charge on any atom is 0.331 e. The lowest BCUT2D eigenvalue weighted by atomic mass is 10.1. The van der Waals surface area contributed by atoms with Gasteiger partial charge in [0.15, 0.2) is 0 Å². The van der Waals surface area contributed by atoms with Gasteiger partial charge < -0.3 is 15.2 Å². The molecule has 0 aliphatic carbocycles. The molecule has 6 heteroatoms. The predicted octanol–water partition coefficient (Wildman–Crippen LogP) is 2.06. The standard InChI is InChI=1S/C14H15NO5/c1-8(14(18)19)6-11-4-5-12(15-9(2)16)7-13(11)20-10(3)17/h4-7H,1-3H3,(H,15,16)(H,18,19). The Bertz CT molecular complexity index is 589. The van der Waals surface area contributed by atoms with E-state index < -0.39 is 11.9 Å². The van der Waals surface area contributed by atoms with E-state index in [1.54, 1.807) is 12.1 Å². The second kappa shape index (κ2) is 6.51. The van der Waals surface area contributed by atoms with Crippen LogP contribution in [0.3, 0.4) is 0 Å². The van der Waals surface area contributed by atoms with Gasteiger partial charge in [0.05, 0.1) is 0 Å². The molecule has 1 amide bonds. The number of carboxylic acid groups (broad SMARTS) is 1. The first kappa shape index (κ1) is 15.4. The first-order valence-corrected chi connectivity index (χ1v) is 5.81. The van der Waals surface area contributed by atoms with Crippen LogP contribution in [0.25, 0.3) is 6.08 Å². The Morgan fingerprint density at radius 2 is 1.85 bits per heavy atom. The maximum absolute atomic E-state index is 11.1. The van der Waals surface area contributed by atoms with Gasteiger partial charge in [-0.3, -0.25) is 9.59 Å². The van der Waals surface area contributed by atoms with Crippen molar-refractivity contribution in [2.24, 2.45) is 0 Å². The van der Waals surface area contributed by atoms with Crippen molar-refractivity contribution in [3.8, 4) is 5.75 Å². The molecule has 0 heterocycles. The summed E-state index contributed by atoms with van der Waals surface area (Å²) in [6, 6.07) is 4.62. The van der Waals surface area contributed by atoms with Crippen LogP contribution in [0.2, 0.25) is 0 Å². The molecule has 0 saturated heterocycles. The number of carbonyl (C=O) groups excluding carboxylic acids is 2. The minimum absolute atomic E-state index is 0.102. The summed E-state index contributed by atoms with van der Waals surface area (Å²) in [5.41, 5.74) is 0.999. The highest BCUT2D eigenvalue weighted by Gasteiger charge is 2.09. The van der Waals surface area contributed by atoms with Crippen LogP contribution in [0.15, 0.2) is 23.8 Å². The lowest BCUT2D eigenvalue weighted by molar-refractivity contribution is -0.133. The van der Waals surface area contributed by atoms with Crippen molar-refractivity contribution < 1.29 is 24.2 Å². The summed E-state index contributed by atoms with van der Waals surface area (Å²) in [5.74, 6) is -1.68. The number of ether oxygens (including phenoxy) is 1. The van der Waals surface area contributed by atoms with Crippen LogP contribution < -0.4 is 10.1 Å². The molecule has 6 nitrogen and oxygen atoms in total. The van der Waals surface area contributed by atoms with E-state index in [1.807, 2.05) is 0 Å². The summed E-state index contributed by atoms with van der Waals surface area (Å²) >= 11 is 0. The van der Waals surface area contributed by atoms with E-state index in [0.29, 0.717) is 11.3 Å². The molecular weight excluding hydrogens is 262 g/mol. The number of carbonyl (C=O) groups is 3. The number of nitrogens with one attached hydrogen (secondary N) is 1. The molecule has 106 valence electrons. The quantitative estimate of drug-likeness (QED) is 0.499. The van der Waals surface area contributed by atoms with Gasteiger partial charge in [0.2, 0.25) is 5.91 Å². The van der Waals surface area contributed by atoms with Crippen LogP contribution >= 0.6 is 0 Å². The van der Waals surface area contributed by atoms with Crippen LogP contribution in [0.4, 0.5) is 5.69 Å². The number of benzene rings is 1. The van der Waals surface area contributed by atoms with Crippen LogP contribution in [0.1, 0.15) is 26.3 Å². The van der Waals surface area contributed by atoms with E-state index >= 15 is 0 Å². The average Bonchev–Trinajstić information content (AvgIpc) is 2.30. The third kappa shape index (κ3) is 4.56. The SMILES string of the molecule is CC(=O)Nc1ccc(C=C(C)C(=O)O)c(OC(C)=O)c1. The molecule has 2 N–H and O–H groups in total. The Hall–Kier alpha value is -2.63. The lowest BCUT2D eigenvalue weighted by Crippen LogP contribution is -2.08. The van der Waals surface area contributed by atoms with Gasteiger partial charge in [-0.15, -0.1) is 0 Å². The van der Waals surface area contributed by atoms with Gasteiger partial charge in [0, 0.05) is 36.7 Å². The molecule has 0 radical (unpaired) electrons. The molecule has 0 bridgehead atoms. The Kier molecular flexibility index (Phi) is 5.02. The third-order valence-corrected chi connectivity index (χ3v) is 2.30. The molecule has 0 unspecified atom stereocenters. The Morgan fingerprint density at radius 3 is 2.35 bits per heavy atom. The number of esters is 1. The second-order valence-corrected chi connectivity index (χ2v) is 4.16. The zero-order valence-corrected chi connectivity index (χ0v) is 11.4. The van der Waals surface area contributed by atoms with E-state index in [0.717, 1.165) is 0 Å². The third-order valence-electron chi connectivity index (χ3n) is 2.30. The molecule has 1 rings (SSSR count). The first-order valence-electron chi connectivity index (χ1n) is 5.81. The molecule has 0 aromatic heterocycles. The maximum atomic E-state index is 11.1. The summed E-state index contributed by atoms with van der Waals surface area (Å²) in [4.78, 5) is 32.9. The van der Waals surface area contributed by atoms with E-state index in [2.05, 4.69) is 5.32 Å². The zero-order valence-electron chi connectivity index (χ0n) is 11.4. The average molecular weight is 277 g/mol. The van der Waals surface area contributed by atoms with Gasteiger partial charge in [0.1, 0.15) is 5.75 Å². The summed E-state index contributed by atoms with van der Waals surface area (Å²) < 4.78 is 5.02. The molecule has 0 aliphatic rings. The molecule has 0 spiro atoms. The Morgan fingerprint density at radius 1 is 1.20 bits per heavy atom. The van der Waals surface area contributed by atoms with Gasteiger partial charge in [0.25, 0.3) is 0 Å². The van der Waals surface area contributed by atoms with Gasteiger partial charge >= 0.3 is 11.9 Å².